The summed E-state index contributed by atoms with van der Waals surface area (Å²) in [4.78, 5) is 0. The molecule has 2 heteroatoms. The topological polar surface area (TPSA) is 0 Å². The summed E-state index contributed by atoms with van der Waals surface area (Å²) in [5.74, 6) is -0.287. The minimum Gasteiger partial charge on any atom is -0.247 e. The molecule has 0 aliphatic heterocycles. The predicted octanol–water partition coefficient (Wildman–Crippen LogP) is 2.61. The van der Waals surface area contributed by atoms with Crippen molar-refractivity contribution in [3.63, 3.8) is 0 Å². The van der Waals surface area contributed by atoms with Crippen molar-refractivity contribution in [1.29, 1.82) is 0 Å². The third kappa shape index (κ3) is 1.50. The number of halogens is 2. The van der Waals surface area contributed by atoms with Crippen molar-refractivity contribution in [3.05, 3.63) is 11.9 Å². The molecule has 2 atom stereocenters. The smallest absolute Gasteiger partial charge is 0.109 e. The van der Waals surface area contributed by atoms with E-state index in [1.54, 1.807) is 6.92 Å². The molecule has 0 aromatic carbocycles. The Morgan fingerprint density at radius 2 is 2.33 bits per heavy atom. The molecule has 0 fully saturated rings. The number of rotatable bonds is 0. The van der Waals surface area contributed by atoms with Crippen LogP contribution in [0, 0.1) is 5.92 Å². The molecule has 0 heterocycles. The molecule has 1 unspecified atom stereocenters. The Bertz CT molecular complexity index is 129. The Labute approximate surface area is 53.6 Å². The lowest BCUT2D eigenvalue weighted by Gasteiger charge is -2.18. The van der Waals surface area contributed by atoms with Gasteiger partial charge in [0.05, 0.1) is 5.83 Å². The van der Waals surface area contributed by atoms with E-state index in [4.69, 9.17) is 0 Å². The quantitative estimate of drug-likeness (QED) is 0.475. The largest absolute Gasteiger partial charge is 0.247 e. The standard InChI is InChI=1S/C7H10F2/c1-5-2-3-6(8)4-7(5)9/h3,5,7H,2,4H2,1H3/t5-,7?/m1/s1. The lowest BCUT2D eigenvalue weighted by Crippen LogP contribution is -2.15. The molecule has 0 nitrogen and oxygen atoms in total. The van der Waals surface area contributed by atoms with Crippen LogP contribution in [0.4, 0.5) is 8.78 Å². The van der Waals surface area contributed by atoms with Crippen LogP contribution in [0.2, 0.25) is 0 Å². The summed E-state index contributed by atoms with van der Waals surface area (Å²) in [5.41, 5.74) is 0. The molecule has 0 amide bonds. The average molecular weight is 132 g/mol. The highest BCUT2D eigenvalue weighted by Crippen LogP contribution is 2.26. The molecule has 0 aromatic rings. The fraction of sp³-hybridized carbons (Fsp3) is 0.714. The first kappa shape index (κ1) is 6.72. The lowest BCUT2D eigenvalue weighted by atomic mass is 9.94. The summed E-state index contributed by atoms with van der Waals surface area (Å²) < 4.78 is 24.8. The van der Waals surface area contributed by atoms with Crippen LogP contribution in [0.25, 0.3) is 0 Å². The van der Waals surface area contributed by atoms with E-state index < -0.39 is 6.17 Å². The summed E-state index contributed by atoms with van der Waals surface area (Å²) in [7, 11) is 0. The maximum absolute atomic E-state index is 12.5. The van der Waals surface area contributed by atoms with Crippen LogP contribution >= 0.6 is 0 Å². The molecule has 0 bridgehead atoms. The zero-order valence-corrected chi connectivity index (χ0v) is 5.40. The first-order valence-corrected chi connectivity index (χ1v) is 3.18. The van der Waals surface area contributed by atoms with Gasteiger partial charge in [-0.2, -0.15) is 0 Å². The van der Waals surface area contributed by atoms with E-state index in [-0.39, 0.29) is 18.2 Å². The highest BCUT2D eigenvalue weighted by Gasteiger charge is 2.21. The molecule has 0 aromatic heterocycles. The Kier molecular flexibility index (Phi) is 1.84. The summed E-state index contributed by atoms with van der Waals surface area (Å²) in [6, 6.07) is 0. The number of hydrogen-bond acceptors (Lipinski definition) is 0. The van der Waals surface area contributed by atoms with E-state index in [9.17, 15) is 8.78 Å². The average Bonchev–Trinajstić information content (AvgIpc) is 1.80. The first-order chi connectivity index (χ1) is 4.20. The summed E-state index contributed by atoms with van der Waals surface area (Å²) in [5, 5.41) is 0. The van der Waals surface area contributed by atoms with Crippen LogP contribution in [0.1, 0.15) is 19.8 Å². The van der Waals surface area contributed by atoms with Crippen LogP contribution in [-0.4, -0.2) is 6.17 Å². The van der Waals surface area contributed by atoms with Crippen LogP contribution in [0.3, 0.4) is 0 Å². The Morgan fingerprint density at radius 1 is 1.67 bits per heavy atom. The van der Waals surface area contributed by atoms with E-state index >= 15 is 0 Å². The maximum atomic E-state index is 12.5. The van der Waals surface area contributed by atoms with Crippen LogP contribution in [0.5, 0.6) is 0 Å². The molecule has 0 N–H and O–H groups in total. The second-order valence-electron chi connectivity index (χ2n) is 2.58. The normalized spacial score (nSPS) is 36.1. The molecule has 9 heavy (non-hydrogen) atoms. The van der Waals surface area contributed by atoms with Gasteiger partial charge in [0.25, 0.3) is 0 Å². The summed E-state index contributed by atoms with van der Waals surface area (Å²) in [6.45, 7) is 1.80. The van der Waals surface area contributed by atoms with E-state index in [2.05, 4.69) is 0 Å². The van der Waals surface area contributed by atoms with Gasteiger partial charge in [0.15, 0.2) is 0 Å². The third-order valence-corrected chi connectivity index (χ3v) is 1.72. The molecule has 0 radical (unpaired) electrons. The van der Waals surface area contributed by atoms with Gasteiger partial charge in [0.2, 0.25) is 0 Å². The minimum absolute atomic E-state index is 0.00417. The highest BCUT2D eigenvalue weighted by atomic mass is 19.1. The predicted molar refractivity (Wildman–Crippen MR) is 32.5 cm³/mol. The zero-order valence-electron chi connectivity index (χ0n) is 5.40. The maximum Gasteiger partial charge on any atom is 0.109 e. The van der Waals surface area contributed by atoms with Crippen LogP contribution < -0.4 is 0 Å². The molecule has 0 saturated heterocycles. The first-order valence-electron chi connectivity index (χ1n) is 3.18. The highest BCUT2D eigenvalue weighted by molar-refractivity contribution is 5.00. The van der Waals surface area contributed by atoms with Gasteiger partial charge in [-0.15, -0.1) is 0 Å². The fourth-order valence-electron chi connectivity index (χ4n) is 0.932. The molecular formula is C7H10F2. The number of allylic oxidation sites excluding steroid dienone is 2. The SMILES string of the molecule is C[C@@H]1CC=C(F)CC1F. The molecular weight excluding hydrogens is 122 g/mol. The summed E-state index contributed by atoms with van der Waals surface area (Å²) >= 11 is 0. The molecule has 1 aliphatic carbocycles. The Balaban J connectivity index is 2.54. The third-order valence-electron chi connectivity index (χ3n) is 1.72. The van der Waals surface area contributed by atoms with E-state index in [1.165, 1.54) is 6.08 Å². The van der Waals surface area contributed by atoms with Crippen molar-refractivity contribution < 1.29 is 8.78 Å². The minimum atomic E-state index is -0.963. The van der Waals surface area contributed by atoms with Gasteiger partial charge in [0.1, 0.15) is 6.17 Å². The second-order valence-corrected chi connectivity index (χ2v) is 2.58. The van der Waals surface area contributed by atoms with Crippen LogP contribution in [0.15, 0.2) is 11.9 Å². The molecule has 0 spiro atoms. The van der Waals surface area contributed by atoms with Crippen molar-refractivity contribution in [1.82, 2.24) is 0 Å². The zero-order chi connectivity index (χ0) is 6.85. The van der Waals surface area contributed by atoms with Crippen molar-refractivity contribution in [3.8, 4) is 0 Å². The van der Waals surface area contributed by atoms with Gasteiger partial charge in [-0.1, -0.05) is 13.0 Å². The number of alkyl halides is 1. The van der Waals surface area contributed by atoms with Gasteiger partial charge in [0, 0.05) is 6.42 Å². The van der Waals surface area contributed by atoms with Gasteiger partial charge in [-0.25, -0.2) is 8.78 Å². The summed E-state index contributed by atoms with van der Waals surface area (Å²) in [6.07, 6.45) is 1.05. The number of hydrogen-bond donors (Lipinski definition) is 0. The monoisotopic (exact) mass is 132 g/mol. The molecule has 52 valence electrons. The van der Waals surface area contributed by atoms with Gasteiger partial charge >= 0.3 is 0 Å². The van der Waals surface area contributed by atoms with Crippen molar-refractivity contribution in [2.75, 3.05) is 0 Å². The van der Waals surface area contributed by atoms with Gasteiger partial charge in [-0.3, -0.25) is 0 Å². The lowest BCUT2D eigenvalue weighted by molar-refractivity contribution is 0.216. The van der Waals surface area contributed by atoms with Gasteiger partial charge < -0.3 is 0 Å². The van der Waals surface area contributed by atoms with Crippen molar-refractivity contribution in [2.24, 2.45) is 5.92 Å². The Hall–Kier alpha value is -0.400. The fourth-order valence-corrected chi connectivity index (χ4v) is 0.932. The van der Waals surface area contributed by atoms with Crippen LogP contribution in [-0.2, 0) is 0 Å². The molecule has 0 saturated carbocycles. The van der Waals surface area contributed by atoms with Crippen molar-refractivity contribution in [2.45, 2.75) is 25.9 Å². The van der Waals surface area contributed by atoms with Gasteiger partial charge in [-0.05, 0) is 12.3 Å². The van der Waals surface area contributed by atoms with Crippen molar-refractivity contribution >= 4 is 0 Å². The molecule has 1 aliphatic rings. The molecule has 1 rings (SSSR count). The Morgan fingerprint density at radius 3 is 2.78 bits per heavy atom. The van der Waals surface area contributed by atoms with E-state index in [0.29, 0.717) is 6.42 Å². The second kappa shape index (κ2) is 2.46. The van der Waals surface area contributed by atoms with E-state index in [1.807, 2.05) is 0 Å². The van der Waals surface area contributed by atoms with E-state index in [0.717, 1.165) is 0 Å².